The number of carbonyl (C=O) groups excluding carboxylic acids is 1. The van der Waals surface area contributed by atoms with Crippen molar-refractivity contribution in [2.24, 2.45) is 5.92 Å². The Hall–Kier alpha value is -1.69. The summed E-state index contributed by atoms with van der Waals surface area (Å²) in [5, 5.41) is 5.58. The third-order valence-electron chi connectivity index (χ3n) is 2.49. The first-order valence-electron chi connectivity index (χ1n) is 6.49. The summed E-state index contributed by atoms with van der Waals surface area (Å²) < 4.78 is 5.41. The lowest BCUT2D eigenvalue weighted by molar-refractivity contribution is 0.0901. The van der Waals surface area contributed by atoms with E-state index in [0.29, 0.717) is 30.6 Å². The Morgan fingerprint density at radius 1 is 1.37 bits per heavy atom. The van der Waals surface area contributed by atoms with Crippen molar-refractivity contribution < 1.29 is 9.53 Å². The summed E-state index contributed by atoms with van der Waals surface area (Å²) in [6.07, 6.45) is 4.03. The zero-order chi connectivity index (χ0) is 14.1. The number of aromatic nitrogens is 2. The van der Waals surface area contributed by atoms with Crippen molar-refractivity contribution in [1.29, 1.82) is 0 Å². The SMILES string of the molecule is CNc1cncc(C(=O)NCCOCCC(C)C)n1. The van der Waals surface area contributed by atoms with E-state index >= 15 is 0 Å². The summed E-state index contributed by atoms with van der Waals surface area (Å²) in [7, 11) is 1.73. The number of nitrogens with one attached hydrogen (secondary N) is 2. The van der Waals surface area contributed by atoms with Gasteiger partial charge in [-0.05, 0) is 12.3 Å². The van der Waals surface area contributed by atoms with E-state index in [1.165, 1.54) is 6.20 Å². The number of hydrogen-bond donors (Lipinski definition) is 2. The van der Waals surface area contributed by atoms with E-state index < -0.39 is 0 Å². The van der Waals surface area contributed by atoms with E-state index in [1.807, 2.05) is 0 Å². The Morgan fingerprint density at radius 2 is 2.16 bits per heavy atom. The Balaban J connectivity index is 2.23. The minimum atomic E-state index is -0.239. The largest absolute Gasteiger partial charge is 0.380 e. The first kappa shape index (κ1) is 15.4. The van der Waals surface area contributed by atoms with Gasteiger partial charge in [0.05, 0.1) is 19.0 Å². The van der Waals surface area contributed by atoms with Crippen LogP contribution in [0.5, 0.6) is 0 Å². The molecule has 2 N–H and O–H groups in total. The Bertz CT molecular complexity index is 396. The predicted molar refractivity (Wildman–Crippen MR) is 74.2 cm³/mol. The first-order chi connectivity index (χ1) is 9.13. The molecule has 0 bridgehead atoms. The molecule has 0 saturated heterocycles. The van der Waals surface area contributed by atoms with Crippen LogP contribution in [0.4, 0.5) is 5.82 Å². The third-order valence-corrected chi connectivity index (χ3v) is 2.49. The number of hydrogen-bond acceptors (Lipinski definition) is 5. The molecular formula is C13H22N4O2. The zero-order valence-corrected chi connectivity index (χ0v) is 11.8. The summed E-state index contributed by atoms with van der Waals surface area (Å²) in [4.78, 5) is 19.8. The van der Waals surface area contributed by atoms with Crippen molar-refractivity contribution >= 4 is 11.7 Å². The lowest BCUT2D eigenvalue weighted by atomic mass is 10.1. The van der Waals surface area contributed by atoms with Crippen LogP contribution < -0.4 is 10.6 Å². The minimum absolute atomic E-state index is 0.239. The van der Waals surface area contributed by atoms with Gasteiger partial charge < -0.3 is 15.4 Å². The number of carbonyl (C=O) groups is 1. The number of rotatable bonds is 8. The van der Waals surface area contributed by atoms with Gasteiger partial charge in [-0.1, -0.05) is 13.8 Å². The van der Waals surface area contributed by atoms with Crippen LogP contribution in [-0.4, -0.2) is 42.7 Å². The van der Waals surface area contributed by atoms with Crippen LogP contribution in [0.15, 0.2) is 12.4 Å². The maximum Gasteiger partial charge on any atom is 0.271 e. The molecule has 1 amide bonds. The standard InChI is InChI=1S/C13H22N4O2/c1-10(2)4-6-19-7-5-16-13(18)11-8-15-9-12(14-3)17-11/h8-10H,4-7H2,1-3H3,(H,14,17)(H,16,18). The van der Waals surface area contributed by atoms with E-state index in [9.17, 15) is 4.79 Å². The van der Waals surface area contributed by atoms with Gasteiger partial charge in [0, 0.05) is 20.2 Å². The van der Waals surface area contributed by atoms with Crippen molar-refractivity contribution in [2.75, 3.05) is 32.1 Å². The summed E-state index contributed by atoms with van der Waals surface area (Å²) in [6, 6.07) is 0. The summed E-state index contributed by atoms with van der Waals surface area (Å²) in [6.45, 7) is 6.01. The fourth-order valence-electron chi connectivity index (χ4n) is 1.34. The molecular weight excluding hydrogens is 244 g/mol. The van der Waals surface area contributed by atoms with Gasteiger partial charge in [-0.15, -0.1) is 0 Å². The third kappa shape index (κ3) is 6.15. The van der Waals surface area contributed by atoms with Crippen LogP contribution in [0.1, 0.15) is 30.8 Å². The van der Waals surface area contributed by atoms with Crippen molar-refractivity contribution in [2.45, 2.75) is 20.3 Å². The molecule has 0 unspecified atom stereocenters. The zero-order valence-electron chi connectivity index (χ0n) is 11.8. The second-order valence-corrected chi connectivity index (χ2v) is 4.59. The molecule has 106 valence electrons. The highest BCUT2D eigenvalue weighted by atomic mass is 16.5. The molecule has 0 spiro atoms. The number of ether oxygens (including phenoxy) is 1. The normalized spacial score (nSPS) is 10.5. The molecule has 19 heavy (non-hydrogen) atoms. The Kier molecular flexibility index (Phi) is 6.81. The molecule has 0 aliphatic rings. The van der Waals surface area contributed by atoms with Crippen molar-refractivity contribution in [1.82, 2.24) is 15.3 Å². The van der Waals surface area contributed by atoms with Gasteiger partial charge in [0.25, 0.3) is 5.91 Å². The molecule has 6 heteroatoms. The lowest BCUT2D eigenvalue weighted by Crippen LogP contribution is -2.28. The monoisotopic (exact) mass is 266 g/mol. The Morgan fingerprint density at radius 3 is 2.84 bits per heavy atom. The van der Waals surface area contributed by atoms with Gasteiger partial charge in [-0.2, -0.15) is 0 Å². The van der Waals surface area contributed by atoms with E-state index in [1.54, 1.807) is 13.2 Å². The molecule has 0 aliphatic heterocycles. The summed E-state index contributed by atoms with van der Waals surface area (Å²) in [5.74, 6) is 0.965. The first-order valence-corrected chi connectivity index (χ1v) is 6.49. The van der Waals surface area contributed by atoms with Crippen LogP contribution in [-0.2, 0) is 4.74 Å². The molecule has 1 aromatic rings. The number of nitrogens with zero attached hydrogens (tertiary/aromatic N) is 2. The number of anilines is 1. The molecule has 1 heterocycles. The molecule has 1 aromatic heterocycles. The van der Waals surface area contributed by atoms with Crippen LogP contribution in [0.2, 0.25) is 0 Å². The second kappa shape index (κ2) is 8.42. The average molecular weight is 266 g/mol. The van der Waals surface area contributed by atoms with Crippen molar-refractivity contribution in [3.63, 3.8) is 0 Å². The maximum atomic E-state index is 11.8. The molecule has 0 atom stereocenters. The maximum absolute atomic E-state index is 11.8. The van der Waals surface area contributed by atoms with E-state index in [-0.39, 0.29) is 5.91 Å². The lowest BCUT2D eigenvalue weighted by Gasteiger charge is -2.08. The van der Waals surface area contributed by atoms with Gasteiger partial charge in [0.15, 0.2) is 0 Å². The topological polar surface area (TPSA) is 76.1 Å². The smallest absolute Gasteiger partial charge is 0.271 e. The van der Waals surface area contributed by atoms with Crippen LogP contribution in [0.25, 0.3) is 0 Å². The molecule has 0 aliphatic carbocycles. The van der Waals surface area contributed by atoms with Crippen LogP contribution in [0.3, 0.4) is 0 Å². The van der Waals surface area contributed by atoms with E-state index in [4.69, 9.17) is 4.74 Å². The molecule has 0 radical (unpaired) electrons. The van der Waals surface area contributed by atoms with Crippen molar-refractivity contribution in [3.05, 3.63) is 18.1 Å². The molecule has 0 aromatic carbocycles. The quantitative estimate of drug-likeness (QED) is 0.694. The van der Waals surface area contributed by atoms with Crippen LogP contribution in [0, 0.1) is 5.92 Å². The van der Waals surface area contributed by atoms with Crippen molar-refractivity contribution in [3.8, 4) is 0 Å². The highest BCUT2D eigenvalue weighted by Gasteiger charge is 2.07. The fraction of sp³-hybridized carbons (Fsp3) is 0.615. The highest BCUT2D eigenvalue weighted by molar-refractivity contribution is 5.92. The molecule has 0 fully saturated rings. The summed E-state index contributed by atoms with van der Waals surface area (Å²) in [5.41, 5.74) is 0.300. The molecule has 6 nitrogen and oxygen atoms in total. The van der Waals surface area contributed by atoms with Gasteiger partial charge in [-0.3, -0.25) is 9.78 Å². The van der Waals surface area contributed by atoms with Gasteiger partial charge in [0.2, 0.25) is 0 Å². The molecule has 0 saturated carbocycles. The highest BCUT2D eigenvalue weighted by Crippen LogP contribution is 2.00. The second-order valence-electron chi connectivity index (χ2n) is 4.59. The van der Waals surface area contributed by atoms with Gasteiger partial charge >= 0.3 is 0 Å². The fourth-order valence-corrected chi connectivity index (χ4v) is 1.34. The van der Waals surface area contributed by atoms with Gasteiger partial charge in [0.1, 0.15) is 11.5 Å². The van der Waals surface area contributed by atoms with Crippen LogP contribution >= 0.6 is 0 Å². The summed E-state index contributed by atoms with van der Waals surface area (Å²) >= 11 is 0. The minimum Gasteiger partial charge on any atom is -0.380 e. The Labute approximate surface area is 114 Å². The van der Waals surface area contributed by atoms with E-state index in [0.717, 1.165) is 13.0 Å². The number of amides is 1. The predicted octanol–water partition coefficient (Wildman–Crippen LogP) is 1.31. The molecule has 1 rings (SSSR count). The average Bonchev–Trinajstić information content (AvgIpc) is 2.42. The van der Waals surface area contributed by atoms with E-state index in [2.05, 4.69) is 34.4 Å². The van der Waals surface area contributed by atoms with Gasteiger partial charge in [-0.25, -0.2) is 4.98 Å².